The van der Waals surface area contributed by atoms with Gasteiger partial charge in [0.15, 0.2) is 22.9 Å². The van der Waals surface area contributed by atoms with E-state index >= 15 is 0 Å². The van der Waals surface area contributed by atoms with Crippen molar-refractivity contribution in [2.24, 2.45) is 5.73 Å². The van der Waals surface area contributed by atoms with Gasteiger partial charge in [0.05, 0.1) is 38.8 Å². The van der Waals surface area contributed by atoms with Gasteiger partial charge in [-0.1, -0.05) is 0 Å². The molecule has 46 heavy (non-hydrogen) atoms. The summed E-state index contributed by atoms with van der Waals surface area (Å²) in [5.41, 5.74) is 8.26. The number of imidazole rings is 2. The van der Waals surface area contributed by atoms with Gasteiger partial charge in [0.2, 0.25) is 5.91 Å². The van der Waals surface area contributed by atoms with Crippen LogP contribution in [-0.2, 0) is 45.3 Å². The zero-order valence-electron chi connectivity index (χ0n) is 25.2. The summed E-state index contributed by atoms with van der Waals surface area (Å²) in [6.45, 7) is 5.63. The van der Waals surface area contributed by atoms with E-state index in [1.54, 1.807) is 12.7 Å². The molecule has 0 spiro atoms. The molecule has 6 aromatic rings. The van der Waals surface area contributed by atoms with Crippen molar-refractivity contribution in [1.82, 2.24) is 45.2 Å². The molecular weight excluding hydrogens is 600 g/mol. The van der Waals surface area contributed by atoms with Crippen molar-refractivity contribution in [2.75, 3.05) is 10.6 Å². The first-order valence-electron chi connectivity index (χ1n) is 13.8. The summed E-state index contributed by atoms with van der Waals surface area (Å²) in [6, 6.07) is 7.44. The second kappa shape index (κ2) is 16.1. The van der Waals surface area contributed by atoms with Gasteiger partial charge in [0, 0.05) is 20.8 Å². The number of hydrogen-bond donors (Lipinski definition) is 6. The van der Waals surface area contributed by atoms with Crippen molar-refractivity contribution in [3.63, 3.8) is 0 Å². The van der Waals surface area contributed by atoms with Gasteiger partial charge in [-0.25, -0.2) is 29.9 Å². The van der Waals surface area contributed by atoms with E-state index in [4.69, 9.17) is 14.6 Å². The number of carbonyl (C=O) groups excluding carboxylic acids is 3. The van der Waals surface area contributed by atoms with Crippen LogP contribution in [0.4, 0.5) is 11.6 Å². The van der Waals surface area contributed by atoms with E-state index in [1.165, 1.54) is 33.4 Å². The largest absolute Gasteiger partial charge is 0.463 e. The van der Waals surface area contributed by atoms with Crippen LogP contribution < -0.4 is 21.7 Å². The summed E-state index contributed by atoms with van der Waals surface area (Å²) in [5.74, 6) is 3.18. The third-order valence-corrected chi connectivity index (χ3v) is 5.74. The van der Waals surface area contributed by atoms with Crippen LogP contribution in [-0.4, -0.2) is 57.7 Å². The number of H-pyrrole nitrogens is 2. The van der Waals surface area contributed by atoms with E-state index in [2.05, 4.69) is 60.6 Å². The maximum Gasteiger partial charge on any atom is 0.310 e. The molecule has 6 rings (SSSR count). The Hall–Kier alpha value is -6.17. The van der Waals surface area contributed by atoms with Crippen molar-refractivity contribution in [3.05, 3.63) is 72.6 Å². The van der Waals surface area contributed by atoms with Gasteiger partial charge in [-0.15, -0.1) is 0 Å². The summed E-state index contributed by atoms with van der Waals surface area (Å²) in [4.78, 5) is 61.0. The Morgan fingerprint density at radius 2 is 1.15 bits per heavy atom. The lowest BCUT2D eigenvalue weighted by atomic mass is 10.4. The topological polar surface area (TPSA) is 258 Å². The van der Waals surface area contributed by atoms with Crippen LogP contribution >= 0.6 is 0 Å². The number of carbonyl (C=O) groups is 3. The molecule has 240 valence electrons. The van der Waals surface area contributed by atoms with Gasteiger partial charge in [0.1, 0.15) is 46.7 Å². The second-order valence-corrected chi connectivity index (χ2v) is 9.29. The van der Waals surface area contributed by atoms with Gasteiger partial charge < -0.3 is 45.2 Å². The number of ether oxygens (including phenoxy) is 1. The highest BCUT2D eigenvalue weighted by Crippen LogP contribution is 2.17. The first-order valence-corrected chi connectivity index (χ1v) is 13.8. The summed E-state index contributed by atoms with van der Waals surface area (Å²) in [6.07, 6.45) is 6.09. The fourth-order valence-corrected chi connectivity index (χ4v) is 3.79. The lowest BCUT2D eigenvalue weighted by Crippen LogP contribution is -2.18. The first-order chi connectivity index (χ1) is 22.2. The molecular formula is C28H32N12O6. The van der Waals surface area contributed by atoms with Crippen LogP contribution in [0.15, 0.2) is 58.4 Å². The number of aromatic nitrogens is 8. The molecule has 7 N–H and O–H groups in total. The number of furan rings is 2. The van der Waals surface area contributed by atoms with Gasteiger partial charge in [-0.2, -0.15) is 0 Å². The highest BCUT2D eigenvalue weighted by Gasteiger charge is 2.08. The molecule has 0 atom stereocenters. The number of fused-ring (bicyclic) bond motifs is 2. The highest BCUT2D eigenvalue weighted by molar-refractivity contribution is 5.83. The maximum absolute atomic E-state index is 10.8. The average Bonchev–Trinajstić information content (AvgIpc) is 3.85. The van der Waals surface area contributed by atoms with Crippen LogP contribution in [0.25, 0.3) is 22.3 Å². The second-order valence-electron chi connectivity index (χ2n) is 9.29. The summed E-state index contributed by atoms with van der Waals surface area (Å²) in [7, 11) is 0. The highest BCUT2D eigenvalue weighted by atomic mass is 16.6. The zero-order valence-corrected chi connectivity index (χ0v) is 25.2. The van der Waals surface area contributed by atoms with E-state index in [9.17, 15) is 14.4 Å². The zero-order chi connectivity index (χ0) is 32.9. The molecule has 0 bridgehead atoms. The van der Waals surface area contributed by atoms with E-state index in [0.717, 1.165) is 28.3 Å². The van der Waals surface area contributed by atoms with Crippen molar-refractivity contribution < 1.29 is 28.0 Å². The predicted molar refractivity (Wildman–Crippen MR) is 163 cm³/mol. The van der Waals surface area contributed by atoms with Crippen LogP contribution in [0, 0.1) is 0 Å². The number of hydrogen-bond acceptors (Lipinski definition) is 15. The minimum atomic E-state index is -0.562. The van der Waals surface area contributed by atoms with Crippen molar-refractivity contribution in [2.45, 2.75) is 47.0 Å². The van der Waals surface area contributed by atoms with Crippen LogP contribution in [0.1, 0.15) is 43.8 Å². The average molecular weight is 633 g/mol. The monoisotopic (exact) mass is 632 g/mol. The van der Waals surface area contributed by atoms with Crippen LogP contribution in [0.5, 0.6) is 0 Å². The van der Waals surface area contributed by atoms with E-state index in [0.29, 0.717) is 54.9 Å². The fourth-order valence-electron chi connectivity index (χ4n) is 3.79. The molecule has 6 aromatic heterocycles. The predicted octanol–water partition coefficient (Wildman–Crippen LogP) is 2.31. The van der Waals surface area contributed by atoms with Crippen molar-refractivity contribution in [3.8, 4) is 0 Å². The molecule has 18 nitrogen and oxygen atoms in total. The molecule has 0 fully saturated rings. The normalized spacial score (nSPS) is 10.3. The third-order valence-electron chi connectivity index (χ3n) is 5.74. The summed E-state index contributed by atoms with van der Waals surface area (Å²) in [5, 5.41) is 9.02. The third kappa shape index (κ3) is 9.67. The fraction of sp³-hybridized carbons (Fsp3) is 0.250. The molecule has 0 unspecified atom stereocenters. The number of rotatable bonds is 9. The number of amides is 1. The molecule has 0 radical (unpaired) electrons. The van der Waals surface area contributed by atoms with E-state index in [1.807, 2.05) is 24.3 Å². The number of nitrogens with zero attached hydrogens (tertiary/aromatic N) is 6. The minimum Gasteiger partial charge on any atom is -0.463 e. The van der Waals surface area contributed by atoms with Gasteiger partial charge in [-0.05, 0) is 24.3 Å². The smallest absolute Gasteiger partial charge is 0.310 e. The van der Waals surface area contributed by atoms with Gasteiger partial charge in [-0.3, -0.25) is 14.4 Å². The molecule has 0 saturated heterocycles. The number of nitrogens with one attached hydrogen (secondary N) is 5. The number of aromatic amines is 2. The van der Waals surface area contributed by atoms with Crippen LogP contribution in [0.2, 0.25) is 0 Å². The first kappa shape index (κ1) is 32.7. The minimum absolute atomic E-state index is 0.0892. The Kier molecular flexibility index (Phi) is 11.4. The van der Waals surface area contributed by atoms with Crippen LogP contribution in [0.3, 0.4) is 0 Å². The Balaban J connectivity index is 0.000000175. The summed E-state index contributed by atoms with van der Waals surface area (Å²) >= 11 is 0. The molecule has 0 aliphatic heterocycles. The Morgan fingerprint density at radius 1 is 0.696 bits per heavy atom. The molecule has 0 aliphatic rings. The molecule has 0 aliphatic carbocycles. The number of anilines is 2. The molecule has 0 saturated carbocycles. The Labute approximate surface area is 261 Å². The van der Waals surface area contributed by atoms with Crippen molar-refractivity contribution >= 4 is 51.8 Å². The maximum atomic E-state index is 10.8. The Morgan fingerprint density at radius 3 is 1.57 bits per heavy atom. The quantitative estimate of drug-likeness (QED) is 0.0987. The standard InChI is InChI=1S/C13H14N6O2.C11H12N6O.C4H6O3/c1-8(20)14-4-9-2-3-10(21-9)5-15-12-11-13(17-6-16-11)19-7-18-12;12-3-7-1-2-8(18-7)4-13-10-9-11(15-5-14-9)17-6-16-10;1-3(5)7-4(2)6/h2-3,6-7H,4-5H2,1H3,(H,14,20)(H2,15,16,17,18,19);1-2,5-6H,3-4,12H2,(H2,13,14,15,16,17);1-2H3. The molecule has 6 heterocycles. The van der Waals surface area contributed by atoms with Gasteiger partial charge in [0.25, 0.3) is 0 Å². The van der Waals surface area contributed by atoms with E-state index in [-0.39, 0.29) is 5.91 Å². The number of nitrogens with two attached hydrogens (primary N) is 1. The summed E-state index contributed by atoms with van der Waals surface area (Å²) < 4.78 is 15.1. The lowest BCUT2D eigenvalue weighted by molar-refractivity contribution is -0.156. The SMILES string of the molecule is CC(=O)NCc1ccc(CNc2ncnc3nc[nH]c23)o1.CC(=O)OC(C)=O.NCc1ccc(CNc2ncnc3nc[nH]c23)o1. The number of esters is 2. The molecule has 1 amide bonds. The molecule has 0 aromatic carbocycles. The molecule has 18 heteroatoms. The Bertz CT molecular complexity index is 1880. The lowest BCUT2D eigenvalue weighted by Gasteiger charge is -2.03. The van der Waals surface area contributed by atoms with Gasteiger partial charge >= 0.3 is 11.9 Å². The van der Waals surface area contributed by atoms with Crippen molar-refractivity contribution in [1.29, 1.82) is 0 Å². The van der Waals surface area contributed by atoms with E-state index < -0.39 is 11.9 Å².